The standard InChI is InChI=1S/C9H10F3N/c1-8(2,9(10,11)12)7-5-3-4-6-13-7/h3-6H,1-2H3. The Morgan fingerprint density at radius 1 is 1.15 bits per heavy atom. The maximum absolute atomic E-state index is 12.5. The van der Waals surface area contributed by atoms with Crippen molar-refractivity contribution in [2.45, 2.75) is 25.4 Å². The van der Waals surface area contributed by atoms with Crippen LogP contribution in [0.15, 0.2) is 24.4 Å². The summed E-state index contributed by atoms with van der Waals surface area (Å²) in [5, 5.41) is 0. The molecule has 0 N–H and O–H groups in total. The summed E-state index contributed by atoms with van der Waals surface area (Å²) in [5.41, 5.74) is -1.84. The van der Waals surface area contributed by atoms with Gasteiger partial charge in [-0.3, -0.25) is 4.98 Å². The first-order valence-electron chi connectivity index (χ1n) is 3.84. The van der Waals surface area contributed by atoms with Crippen LogP contribution in [0.25, 0.3) is 0 Å². The van der Waals surface area contributed by atoms with E-state index in [1.165, 1.54) is 12.3 Å². The van der Waals surface area contributed by atoms with Crippen LogP contribution in [-0.2, 0) is 5.41 Å². The van der Waals surface area contributed by atoms with Crippen LogP contribution in [0.3, 0.4) is 0 Å². The Morgan fingerprint density at radius 2 is 1.77 bits per heavy atom. The van der Waals surface area contributed by atoms with Gasteiger partial charge in [-0.1, -0.05) is 6.07 Å². The van der Waals surface area contributed by atoms with E-state index in [0.717, 1.165) is 13.8 Å². The molecule has 0 aliphatic carbocycles. The van der Waals surface area contributed by atoms with Gasteiger partial charge in [-0.25, -0.2) is 0 Å². The maximum Gasteiger partial charge on any atom is 0.399 e. The summed E-state index contributed by atoms with van der Waals surface area (Å²) in [6.07, 6.45) is -2.90. The van der Waals surface area contributed by atoms with Gasteiger partial charge in [-0.2, -0.15) is 13.2 Å². The Bertz CT molecular complexity index is 277. The number of aromatic nitrogens is 1. The molecule has 0 fully saturated rings. The van der Waals surface area contributed by atoms with Gasteiger partial charge in [0.1, 0.15) is 5.41 Å². The normalized spacial score (nSPS) is 13.0. The van der Waals surface area contributed by atoms with Crippen LogP contribution in [0.2, 0.25) is 0 Å². The van der Waals surface area contributed by atoms with E-state index in [-0.39, 0.29) is 5.69 Å². The molecule has 0 aliphatic rings. The summed E-state index contributed by atoms with van der Waals surface area (Å²) in [6, 6.07) is 4.53. The molecule has 4 heteroatoms. The van der Waals surface area contributed by atoms with E-state index in [4.69, 9.17) is 0 Å². The minimum atomic E-state index is -4.26. The van der Waals surface area contributed by atoms with Gasteiger partial charge < -0.3 is 0 Å². The minimum absolute atomic E-state index is 0.0440. The minimum Gasteiger partial charge on any atom is -0.260 e. The molecule has 72 valence electrons. The molecule has 1 nitrogen and oxygen atoms in total. The zero-order valence-electron chi connectivity index (χ0n) is 7.39. The lowest BCUT2D eigenvalue weighted by Crippen LogP contribution is -2.37. The van der Waals surface area contributed by atoms with Crippen LogP contribution in [0.5, 0.6) is 0 Å². The third-order valence-electron chi connectivity index (χ3n) is 2.01. The highest BCUT2D eigenvalue weighted by atomic mass is 19.4. The van der Waals surface area contributed by atoms with Gasteiger partial charge in [0, 0.05) is 6.20 Å². The Morgan fingerprint density at radius 3 is 2.15 bits per heavy atom. The monoisotopic (exact) mass is 189 g/mol. The number of hydrogen-bond acceptors (Lipinski definition) is 1. The molecule has 0 radical (unpaired) electrons. The fourth-order valence-electron chi connectivity index (χ4n) is 0.878. The van der Waals surface area contributed by atoms with Crippen LogP contribution < -0.4 is 0 Å². The molecule has 1 rings (SSSR count). The number of pyridine rings is 1. The number of hydrogen-bond donors (Lipinski definition) is 0. The quantitative estimate of drug-likeness (QED) is 0.661. The SMILES string of the molecule is CC(C)(c1ccccn1)C(F)(F)F. The molecule has 0 bridgehead atoms. The van der Waals surface area contributed by atoms with Crippen LogP contribution in [0, 0.1) is 0 Å². The molecule has 0 amide bonds. The van der Waals surface area contributed by atoms with E-state index in [1.807, 2.05) is 0 Å². The topological polar surface area (TPSA) is 12.9 Å². The smallest absolute Gasteiger partial charge is 0.260 e. The zero-order chi connectivity index (χ0) is 10.1. The number of rotatable bonds is 1. The number of nitrogens with zero attached hydrogens (tertiary/aromatic N) is 1. The predicted octanol–water partition coefficient (Wildman–Crippen LogP) is 2.92. The van der Waals surface area contributed by atoms with Crippen molar-refractivity contribution in [3.8, 4) is 0 Å². The summed E-state index contributed by atoms with van der Waals surface area (Å²) in [5.74, 6) is 0. The summed E-state index contributed by atoms with van der Waals surface area (Å²) in [7, 11) is 0. The molecule has 1 aromatic rings. The predicted molar refractivity (Wildman–Crippen MR) is 43.3 cm³/mol. The number of alkyl halides is 3. The van der Waals surface area contributed by atoms with E-state index in [1.54, 1.807) is 12.1 Å². The first-order valence-corrected chi connectivity index (χ1v) is 3.84. The van der Waals surface area contributed by atoms with Gasteiger partial charge in [0.15, 0.2) is 0 Å². The van der Waals surface area contributed by atoms with Crippen molar-refractivity contribution < 1.29 is 13.2 Å². The average Bonchev–Trinajstić information content (AvgIpc) is 2.04. The highest BCUT2D eigenvalue weighted by molar-refractivity contribution is 5.16. The summed E-state index contributed by atoms with van der Waals surface area (Å²) >= 11 is 0. The Balaban J connectivity index is 3.08. The Labute approximate surface area is 74.6 Å². The molecule has 0 unspecified atom stereocenters. The van der Waals surface area contributed by atoms with Crippen LogP contribution >= 0.6 is 0 Å². The first-order chi connectivity index (χ1) is 5.86. The molecule has 13 heavy (non-hydrogen) atoms. The van der Waals surface area contributed by atoms with Crippen LogP contribution in [0.4, 0.5) is 13.2 Å². The summed E-state index contributed by atoms with van der Waals surface area (Å²) in [6.45, 7) is 2.24. The van der Waals surface area contributed by atoms with Gasteiger partial charge in [0.05, 0.1) is 5.69 Å². The van der Waals surface area contributed by atoms with Crippen LogP contribution in [-0.4, -0.2) is 11.2 Å². The fraction of sp³-hybridized carbons (Fsp3) is 0.444. The van der Waals surface area contributed by atoms with Gasteiger partial charge >= 0.3 is 6.18 Å². The molecule has 0 spiro atoms. The Hall–Kier alpha value is -1.06. The second kappa shape index (κ2) is 3.01. The zero-order valence-corrected chi connectivity index (χ0v) is 7.39. The second-order valence-corrected chi connectivity index (χ2v) is 3.34. The van der Waals surface area contributed by atoms with Crippen molar-refractivity contribution >= 4 is 0 Å². The molecule has 1 heterocycles. The van der Waals surface area contributed by atoms with Crippen molar-refractivity contribution in [1.29, 1.82) is 0 Å². The third-order valence-corrected chi connectivity index (χ3v) is 2.01. The highest BCUT2D eigenvalue weighted by Gasteiger charge is 2.49. The maximum atomic E-state index is 12.5. The molecule has 0 atom stereocenters. The third kappa shape index (κ3) is 1.82. The first kappa shape index (κ1) is 10.0. The molecule has 1 aromatic heterocycles. The van der Waals surface area contributed by atoms with E-state index in [2.05, 4.69) is 4.98 Å². The van der Waals surface area contributed by atoms with Gasteiger partial charge in [0.25, 0.3) is 0 Å². The fourth-order valence-corrected chi connectivity index (χ4v) is 0.878. The van der Waals surface area contributed by atoms with E-state index in [9.17, 15) is 13.2 Å². The van der Waals surface area contributed by atoms with E-state index >= 15 is 0 Å². The number of halogens is 3. The Kier molecular flexibility index (Phi) is 2.32. The van der Waals surface area contributed by atoms with Gasteiger partial charge in [-0.15, -0.1) is 0 Å². The second-order valence-electron chi connectivity index (χ2n) is 3.34. The largest absolute Gasteiger partial charge is 0.399 e. The lowest BCUT2D eigenvalue weighted by atomic mass is 9.88. The van der Waals surface area contributed by atoms with E-state index < -0.39 is 11.6 Å². The van der Waals surface area contributed by atoms with Crippen molar-refractivity contribution in [3.63, 3.8) is 0 Å². The molecular formula is C9H10F3N. The molecule has 0 aromatic carbocycles. The van der Waals surface area contributed by atoms with Crippen molar-refractivity contribution in [3.05, 3.63) is 30.1 Å². The average molecular weight is 189 g/mol. The van der Waals surface area contributed by atoms with Crippen molar-refractivity contribution in [2.24, 2.45) is 0 Å². The van der Waals surface area contributed by atoms with Gasteiger partial charge in [0.2, 0.25) is 0 Å². The highest BCUT2D eigenvalue weighted by Crippen LogP contribution is 2.39. The summed E-state index contributed by atoms with van der Waals surface area (Å²) < 4.78 is 37.4. The molecule has 0 saturated heterocycles. The lowest BCUT2D eigenvalue weighted by Gasteiger charge is -2.26. The van der Waals surface area contributed by atoms with Crippen LogP contribution in [0.1, 0.15) is 19.5 Å². The van der Waals surface area contributed by atoms with E-state index in [0.29, 0.717) is 0 Å². The summed E-state index contributed by atoms with van der Waals surface area (Å²) in [4.78, 5) is 3.70. The lowest BCUT2D eigenvalue weighted by molar-refractivity contribution is -0.181. The van der Waals surface area contributed by atoms with Crippen molar-refractivity contribution in [2.75, 3.05) is 0 Å². The van der Waals surface area contributed by atoms with Gasteiger partial charge in [-0.05, 0) is 26.0 Å². The van der Waals surface area contributed by atoms with Crippen molar-refractivity contribution in [1.82, 2.24) is 4.98 Å². The molecule has 0 aliphatic heterocycles. The molecule has 0 saturated carbocycles. The molecular weight excluding hydrogens is 179 g/mol.